The standard InChI is InChI=1S/C22H16BrCl2NO2S/c23-15-4-9-20(28-12-14-2-1-3-17(25)10-14)19(11-15)22-26(21(27)13-29-22)18-7-5-16(24)6-8-18/h1-11,22H,12-13H2/t22-/m0/s1. The predicted molar refractivity (Wildman–Crippen MR) is 124 cm³/mol. The minimum Gasteiger partial charge on any atom is -0.489 e. The minimum atomic E-state index is -0.185. The summed E-state index contributed by atoms with van der Waals surface area (Å²) in [4.78, 5) is 14.5. The maximum Gasteiger partial charge on any atom is 0.238 e. The van der Waals surface area contributed by atoms with Crippen molar-refractivity contribution in [3.8, 4) is 5.75 Å². The number of rotatable bonds is 5. The lowest BCUT2D eigenvalue weighted by Crippen LogP contribution is -2.28. The van der Waals surface area contributed by atoms with E-state index < -0.39 is 0 Å². The van der Waals surface area contributed by atoms with Crippen molar-refractivity contribution in [2.75, 3.05) is 10.7 Å². The number of carbonyl (C=O) groups is 1. The molecular weight excluding hydrogens is 493 g/mol. The number of carbonyl (C=O) groups excluding carboxylic acids is 1. The molecule has 29 heavy (non-hydrogen) atoms. The van der Waals surface area contributed by atoms with Crippen molar-refractivity contribution in [3.63, 3.8) is 0 Å². The van der Waals surface area contributed by atoms with E-state index in [0.717, 1.165) is 27.0 Å². The molecule has 3 nitrogen and oxygen atoms in total. The number of hydrogen-bond acceptors (Lipinski definition) is 3. The average Bonchev–Trinajstić information content (AvgIpc) is 3.09. The van der Waals surface area contributed by atoms with Crippen molar-refractivity contribution in [3.05, 3.63) is 92.4 Å². The zero-order valence-electron chi connectivity index (χ0n) is 15.1. The number of anilines is 1. The van der Waals surface area contributed by atoms with Gasteiger partial charge >= 0.3 is 0 Å². The fourth-order valence-corrected chi connectivity index (χ4v) is 5.08. The maximum absolute atomic E-state index is 12.7. The first-order chi connectivity index (χ1) is 14.0. The van der Waals surface area contributed by atoms with Crippen LogP contribution in [0.3, 0.4) is 0 Å². The molecule has 3 aromatic rings. The van der Waals surface area contributed by atoms with Gasteiger partial charge in [0.25, 0.3) is 0 Å². The molecule has 4 rings (SSSR count). The number of nitrogens with zero attached hydrogens (tertiary/aromatic N) is 1. The van der Waals surface area contributed by atoms with E-state index in [9.17, 15) is 4.79 Å². The molecule has 3 aromatic carbocycles. The third-order valence-electron chi connectivity index (χ3n) is 4.49. The van der Waals surface area contributed by atoms with Crippen molar-refractivity contribution in [2.24, 2.45) is 0 Å². The van der Waals surface area contributed by atoms with E-state index in [1.807, 2.05) is 54.6 Å². The first kappa shape index (κ1) is 20.6. The van der Waals surface area contributed by atoms with Gasteiger partial charge in [-0.2, -0.15) is 0 Å². The summed E-state index contributed by atoms with van der Waals surface area (Å²) in [5, 5.41) is 1.13. The Morgan fingerprint density at radius 1 is 1.03 bits per heavy atom. The van der Waals surface area contributed by atoms with Crippen LogP contribution in [0.2, 0.25) is 10.0 Å². The van der Waals surface area contributed by atoms with Gasteiger partial charge in [0.05, 0.1) is 5.75 Å². The summed E-state index contributed by atoms with van der Waals surface area (Å²) in [6.45, 7) is 0.390. The second kappa shape index (κ2) is 9.00. The molecule has 0 aromatic heterocycles. The molecule has 0 N–H and O–H groups in total. The van der Waals surface area contributed by atoms with Gasteiger partial charge in [0, 0.05) is 25.8 Å². The molecule has 0 bridgehead atoms. The Kier molecular flexibility index (Phi) is 6.40. The van der Waals surface area contributed by atoms with Crippen LogP contribution >= 0.6 is 50.9 Å². The maximum atomic E-state index is 12.7. The Morgan fingerprint density at radius 3 is 2.59 bits per heavy atom. The molecule has 1 amide bonds. The van der Waals surface area contributed by atoms with E-state index in [-0.39, 0.29) is 11.3 Å². The highest BCUT2D eigenvalue weighted by Crippen LogP contribution is 2.45. The molecule has 148 valence electrons. The van der Waals surface area contributed by atoms with Gasteiger partial charge in [0.15, 0.2) is 0 Å². The predicted octanol–water partition coefficient (Wildman–Crippen LogP) is 7.11. The molecule has 0 saturated carbocycles. The normalized spacial score (nSPS) is 16.3. The van der Waals surface area contributed by atoms with Crippen molar-refractivity contribution in [2.45, 2.75) is 12.0 Å². The molecule has 0 spiro atoms. The molecule has 1 aliphatic rings. The molecule has 0 radical (unpaired) electrons. The van der Waals surface area contributed by atoms with Crippen LogP contribution in [0.15, 0.2) is 71.2 Å². The van der Waals surface area contributed by atoms with Gasteiger partial charge in [-0.3, -0.25) is 9.69 Å². The van der Waals surface area contributed by atoms with Crippen LogP contribution in [0.4, 0.5) is 5.69 Å². The summed E-state index contributed by atoms with van der Waals surface area (Å²) in [7, 11) is 0. The highest BCUT2D eigenvalue weighted by molar-refractivity contribution is 9.10. The lowest BCUT2D eigenvalue weighted by molar-refractivity contribution is -0.115. The van der Waals surface area contributed by atoms with E-state index in [1.54, 1.807) is 28.8 Å². The Hall–Kier alpha value is -1.66. The number of benzene rings is 3. The molecule has 1 fully saturated rings. The second-order valence-corrected chi connectivity index (χ2v) is 9.36. The largest absolute Gasteiger partial charge is 0.489 e. The van der Waals surface area contributed by atoms with Gasteiger partial charge in [0.1, 0.15) is 17.7 Å². The molecule has 1 aliphatic heterocycles. The summed E-state index contributed by atoms with van der Waals surface area (Å²) < 4.78 is 7.06. The monoisotopic (exact) mass is 507 g/mol. The zero-order chi connectivity index (χ0) is 20.4. The number of ether oxygens (including phenoxy) is 1. The van der Waals surface area contributed by atoms with Crippen molar-refractivity contribution < 1.29 is 9.53 Å². The van der Waals surface area contributed by atoms with Crippen molar-refractivity contribution in [1.82, 2.24) is 0 Å². The average molecular weight is 509 g/mol. The zero-order valence-corrected chi connectivity index (χ0v) is 19.1. The summed E-state index contributed by atoms with van der Waals surface area (Å²) >= 11 is 17.2. The lowest BCUT2D eigenvalue weighted by atomic mass is 10.1. The van der Waals surface area contributed by atoms with Crippen LogP contribution in [-0.2, 0) is 11.4 Å². The van der Waals surface area contributed by atoms with Crippen LogP contribution in [0, 0.1) is 0 Å². The summed E-state index contributed by atoms with van der Waals surface area (Å²) in [6.07, 6.45) is 0. The summed E-state index contributed by atoms with van der Waals surface area (Å²) in [5.74, 6) is 1.20. The topological polar surface area (TPSA) is 29.5 Å². The minimum absolute atomic E-state index is 0.0584. The molecule has 0 unspecified atom stereocenters. The van der Waals surface area contributed by atoms with Crippen LogP contribution in [-0.4, -0.2) is 11.7 Å². The van der Waals surface area contributed by atoms with E-state index in [4.69, 9.17) is 27.9 Å². The SMILES string of the molecule is O=C1CS[C@@H](c2cc(Br)ccc2OCc2cccc(Cl)c2)N1c1ccc(Cl)cc1. The van der Waals surface area contributed by atoms with Gasteiger partial charge in [-0.05, 0) is 60.2 Å². The molecule has 7 heteroatoms. The Labute approximate surface area is 192 Å². The van der Waals surface area contributed by atoms with E-state index in [1.165, 1.54) is 0 Å². The highest BCUT2D eigenvalue weighted by Gasteiger charge is 2.35. The van der Waals surface area contributed by atoms with E-state index in [0.29, 0.717) is 22.4 Å². The molecule has 1 heterocycles. The first-order valence-electron chi connectivity index (χ1n) is 8.87. The second-order valence-electron chi connectivity index (χ2n) is 6.50. The Balaban J connectivity index is 1.65. The third-order valence-corrected chi connectivity index (χ3v) is 6.67. The van der Waals surface area contributed by atoms with Crippen LogP contribution in [0.1, 0.15) is 16.5 Å². The van der Waals surface area contributed by atoms with Gasteiger partial charge in [0.2, 0.25) is 5.91 Å². The van der Waals surface area contributed by atoms with Crippen molar-refractivity contribution >= 4 is 62.5 Å². The lowest BCUT2D eigenvalue weighted by Gasteiger charge is -2.26. The van der Waals surface area contributed by atoms with Gasteiger partial charge in [-0.25, -0.2) is 0 Å². The summed E-state index contributed by atoms with van der Waals surface area (Å²) in [5.41, 5.74) is 2.73. The van der Waals surface area contributed by atoms with E-state index >= 15 is 0 Å². The first-order valence-corrected chi connectivity index (χ1v) is 11.5. The fourth-order valence-electron chi connectivity index (χ4n) is 3.17. The molecular formula is C22H16BrCl2NO2S. The molecule has 1 atom stereocenters. The van der Waals surface area contributed by atoms with Crippen LogP contribution in [0.5, 0.6) is 5.75 Å². The molecule has 0 aliphatic carbocycles. The van der Waals surface area contributed by atoms with Gasteiger partial charge in [-0.1, -0.05) is 51.3 Å². The third kappa shape index (κ3) is 4.75. The van der Waals surface area contributed by atoms with Gasteiger partial charge < -0.3 is 4.74 Å². The summed E-state index contributed by atoms with van der Waals surface area (Å²) in [6, 6.07) is 20.8. The van der Waals surface area contributed by atoms with Crippen molar-refractivity contribution in [1.29, 1.82) is 0 Å². The smallest absolute Gasteiger partial charge is 0.238 e. The van der Waals surface area contributed by atoms with E-state index in [2.05, 4.69) is 15.9 Å². The molecule has 1 saturated heterocycles. The fraction of sp³-hybridized carbons (Fsp3) is 0.136. The Bertz CT molecular complexity index is 1050. The van der Waals surface area contributed by atoms with Gasteiger partial charge in [-0.15, -0.1) is 11.8 Å². The number of amides is 1. The quantitative estimate of drug-likeness (QED) is 0.367. The Morgan fingerprint density at radius 2 is 1.83 bits per heavy atom. The number of hydrogen-bond donors (Lipinski definition) is 0. The number of thioether (sulfide) groups is 1. The van der Waals surface area contributed by atoms with Crippen LogP contribution in [0.25, 0.3) is 0 Å². The number of halogens is 3. The highest BCUT2D eigenvalue weighted by atomic mass is 79.9. The van der Waals surface area contributed by atoms with Crippen LogP contribution < -0.4 is 9.64 Å².